The van der Waals surface area contributed by atoms with Gasteiger partial charge in [0.25, 0.3) is 0 Å². The zero-order chi connectivity index (χ0) is 9.26. The summed E-state index contributed by atoms with van der Waals surface area (Å²) in [4.78, 5) is 4.01. The molecule has 65 valence electrons. The summed E-state index contributed by atoms with van der Waals surface area (Å²) < 4.78 is 0. The maximum atomic E-state index is 9.32. The molecule has 1 aromatic heterocycles. The molecule has 2 aromatic rings. The van der Waals surface area contributed by atoms with Crippen molar-refractivity contribution in [1.29, 1.82) is 0 Å². The lowest BCUT2D eigenvalue weighted by molar-refractivity contribution is 0.455. The second-order valence-electron chi connectivity index (χ2n) is 2.92. The Kier molecular flexibility index (Phi) is 1.89. The third kappa shape index (κ3) is 1.35. The van der Waals surface area contributed by atoms with Gasteiger partial charge in [-0.1, -0.05) is 19.1 Å². The van der Waals surface area contributed by atoms with E-state index in [0.29, 0.717) is 0 Å². The molecular weight excluding hydrogens is 162 g/mol. The van der Waals surface area contributed by atoms with E-state index in [9.17, 15) is 5.11 Å². The second kappa shape index (κ2) is 3.05. The Hall–Kier alpha value is -1.57. The molecule has 2 rings (SSSR count). The van der Waals surface area contributed by atoms with Crippen molar-refractivity contribution < 1.29 is 5.11 Å². The summed E-state index contributed by atoms with van der Waals surface area (Å²) in [7, 11) is 0. The molecule has 0 aliphatic carbocycles. The van der Waals surface area contributed by atoms with Gasteiger partial charge in [-0.2, -0.15) is 0 Å². The van der Waals surface area contributed by atoms with E-state index in [2.05, 4.69) is 18.0 Å². The lowest BCUT2D eigenvalue weighted by atomic mass is 10.1. The van der Waals surface area contributed by atoms with E-state index in [-0.39, 0.29) is 5.88 Å². The molecule has 0 fully saturated rings. The van der Waals surface area contributed by atoms with Crippen molar-refractivity contribution in [2.45, 2.75) is 13.3 Å². The summed E-state index contributed by atoms with van der Waals surface area (Å²) in [5, 5.41) is 10.3. The molecule has 0 atom stereocenters. The fourth-order valence-corrected chi connectivity index (χ4v) is 1.44. The molecule has 0 spiro atoms. The minimum absolute atomic E-state index is 0.0870. The van der Waals surface area contributed by atoms with Crippen LogP contribution in [0.3, 0.4) is 0 Å². The van der Waals surface area contributed by atoms with Gasteiger partial charge in [-0.25, -0.2) is 4.98 Å². The Morgan fingerprint density at radius 3 is 3.15 bits per heavy atom. The maximum absolute atomic E-state index is 9.32. The van der Waals surface area contributed by atoms with Crippen LogP contribution < -0.4 is 0 Å². The molecule has 0 saturated carbocycles. The summed E-state index contributed by atoms with van der Waals surface area (Å²) in [6, 6.07) is 10.4. The van der Waals surface area contributed by atoms with E-state index in [1.54, 1.807) is 6.07 Å². The number of hydrogen-bond acceptors (Lipinski definition) is 2. The molecule has 0 aliphatic heterocycles. The predicted molar refractivity (Wildman–Crippen MR) is 51.6 cm³/mol. The number of nitrogens with zero attached hydrogens (tertiary/aromatic N) is 1. The highest BCUT2D eigenvalue weighted by molar-refractivity contribution is 5.82. The first kappa shape index (κ1) is 8.05. The highest BCUT2D eigenvalue weighted by Gasteiger charge is 2.02. The van der Waals surface area contributed by atoms with Crippen LogP contribution in [-0.2, 0) is 6.42 Å². The van der Waals surface area contributed by atoms with Gasteiger partial charge in [0.1, 0.15) is 0 Å². The summed E-state index contributed by atoms with van der Waals surface area (Å²) in [6.45, 7) is 2.05. The number of benzene rings is 1. The Morgan fingerprint density at radius 1 is 1.54 bits per heavy atom. The van der Waals surface area contributed by atoms with Crippen LogP contribution in [0.15, 0.2) is 24.3 Å². The molecule has 0 amide bonds. The third-order valence-corrected chi connectivity index (χ3v) is 2.07. The monoisotopic (exact) mass is 172 g/mol. The molecule has 0 unspecified atom stereocenters. The van der Waals surface area contributed by atoms with Crippen molar-refractivity contribution in [2.75, 3.05) is 0 Å². The molecule has 1 N–H and O–H groups in total. The van der Waals surface area contributed by atoms with E-state index in [4.69, 9.17) is 0 Å². The van der Waals surface area contributed by atoms with Gasteiger partial charge in [-0.3, -0.25) is 0 Å². The van der Waals surface area contributed by atoms with E-state index >= 15 is 0 Å². The van der Waals surface area contributed by atoms with Crippen molar-refractivity contribution in [3.63, 3.8) is 0 Å². The number of aryl methyl sites for hydroxylation is 1. The molecule has 1 radical (unpaired) electrons. The van der Waals surface area contributed by atoms with E-state index in [0.717, 1.165) is 22.9 Å². The lowest BCUT2D eigenvalue weighted by Gasteiger charge is -2.03. The molecule has 13 heavy (non-hydrogen) atoms. The SMILES string of the molecule is CCc1cc(O)nc2ccc[c]c12. The van der Waals surface area contributed by atoms with Gasteiger partial charge in [-0.15, -0.1) is 0 Å². The number of hydrogen-bond donors (Lipinski definition) is 1. The summed E-state index contributed by atoms with van der Waals surface area (Å²) in [6.07, 6.45) is 0.882. The van der Waals surface area contributed by atoms with Crippen LogP contribution in [-0.4, -0.2) is 10.1 Å². The smallest absolute Gasteiger partial charge is 0.211 e. The van der Waals surface area contributed by atoms with Crippen molar-refractivity contribution in [1.82, 2.24) is 4.98 Å². The van der Waals surface area contributed by atoms with Crippen LogP contribution in [0.25, 0.3) is 10.9 Å². The Balaban J connectivity index is 2.81. The molecule has 0 saturated heterocycles. The van der Waals surface area contributed by atoms with Crippen molar-refractivity contribution >= 4 is 10.9 Å². The normalized spacial score (nSPS) is 10.5. The van der Waals surface area contributed by atoms with Crippen molar-refractivity contribution in [3.8, 4) is 5.88 Å². The first-order valence-corrected chi connectivity index (χ1v) is 4.30. The summed E-state index contributed by atoms with van der Waals surface area (Å²) in [5.41, 5.74) is 1.89. The predicted octanol–water partition coefficient (Wildman–Crippen LogP) is 2.30. The second-order valence-corrected chi connectivity index (χ2v) is 2.92. The topological polar surface area (TPSA) is 33.1 Å². The van der Waals surface area contributed by atoms with Gasteiger partial charge < -0.3 is 5.11 Å². The maximum Gasteiger partial charge on any atom is 0.211 e. The van der Waals surface area contributed by atoms with Gasteiger partial charge in [0, 0.05) is 11.5 Å². The molecule has 0 bridgehead atoms. The van der Waals surface area contributed by atoms with Gasteiger partial charge in [0.05, 0.1) is 5.52 Å². The Labute approximate surface area is 76.9 Å². The zero-order valence-corrected chi connectivity index (χ0v) is 7.41. The largest absolute Gasteiger partial charge is 0.493 e. The Morgan fingerprint density at radius 2 is 2.38 bits per heavy atom. The van der Waals surface area contributed by atoms with Gasteiger partial charge in [0.2, 0.25) is 5.88 Å². The van der Waals surface area contributed by atoms with Crippen molar-refractivity contribution in [2.24, 2.45) is 0 Å². The number of aromatic nitrogens is 1. The molecule has 1 aromatic carbocycles. The third-order valence-electron chi connectivity index (χ3n) is 2.07. The van der Waals surface area contributed by atoms with Gasteiger partial charge in [-0.05, 0) is 24.1 Å². The zero-order valence-electron chi connectivity index (χ0n) is 7.41. The van der Waals surface area contributed by atoms with E-state index in [1.807, 2.05) is 18.2 Å². The summed E-state index contributed by atoms with van der Waals surface area (Å²) in [5.74, 6) is 0.0870. The van der Waals surface area contributed by atoms with Crippen LogP contribution in [0.2, 0.25) is 0 Å². The molecule has 2 nitrogen and oxygen atoms in total. The van der Waals surface area contributed by atoms with Crippen molar-refractivity contribution in [3.05, 3.63) is 35.9 Å². The number of rotatable bonds is 1. The minimum atomic E-state index is 0.0870. The lowest BCUT2D eigenvalue weighted by Crippen LogP contribution is -1.87. The fraction of sp³-hybridized carbons (Fsp3) is 0.182. The molecule has 2 heteroatoms. The highest BCUT2D eigenvalue weighted by Crippen LogP contribution is 2.20. The first-order valence-electron chi connectivity index (χ1n) is 4.30. The summed E-state index contributed by atoms with van der Waals surface area (Å²) >= 11 is 0. The fourth-order valence-electron chi connectivity index (χ4n) is 1.44. The minimum Gasteiger partial charge on any atom is -0.493 e. The Bertz CT molecular complexity index is 437. The first-order chi connectivity index (χ1) is 6.31. The van der Waals surface area contributed by atoms with Crippen LogP contribution >= 0.6 is 0 Å². The number of pyridine rings is 1. The van der Waals surface area contributed by atoms with Gasteiger partial charge >= 0.3 is 0 Å². The van der Waals surface area contributed by atoms with Crippen LogP contribution in [0, 0.1) is 6.07 Å². The van der Waals surface area contributed by atoms with Gasteiger partial charge in [0.15, 0.2) is 0 Å². The molecular formula is C11H10NO. The van der Waals surface area contributed by atoms with Crippen LogP contribution in [0.1, 0.15) is 12.5 Å². The average Bonchev–Trinajstić information content (AvgIpc) is 2.16. The van der Waals surface area contributed by atoms with Crippen LogP contribution in [0.4, 0.5) is 0 Å². The molecule has 1 heterocycles. The highest BCUT2D eigenvalue weighted by atomic mass is 16.3. The average molecular weight is 172 g/mol. The number of fused-ring (bicyclic) bond motifs is 1. The quantitative estimate of drug-likeness (QED) is 0.716. The van der Waals surface area contributed by atoms with E-state index in [1.165, 1.54) is 0 Å². The number of aromatic hydroxyl groups is 1. The molecule has 0 aliphatic rings. The standard InChI is InChI=1S/C11H10NO/c1-2-8-7-11(13)12-10-6-4-3-5-9(8)10/h3-4,6-7H,2H2,1H3,(H,12,13). The van der Waals surface area contributed by atoms with Crippen LogP contribution in [0.5, 0.6) is 5.88 Å². The van der Waals surface area contributed by atoms with E-state index < -0.39 is 0 Å².